The number of carbonyl (C=O) groups is 3. The molecule has 132 valence electrons. The Morgan fingerprint density at radius 2 is 1.62 bits per heavy atom. The van der Waals surface area contributed by atoms with Gasteiger partial charge >= 0.3 is 0 Å². The molecule has 1 aromatic carbocycles. The fraction of sp³-hybridized carbons (Fsp3) is 0.118. The van der Waals surface area contributed by atoms with Crippen LogP contribution in [0.25, 0.3) is 0 Å². The predicted molar refractivity (Wildman–Crippen MR) is 90.5 cm³/mol. The molecule has 0 aliphatic rings. The summed E-state index contributed by atoms with van der Waals surface area (Å²) in [7, 11) is 0. The average molecular weight is 353 g/mol. The van der Waals surface area contributed by atoms with Gasteiger partial charge in [0.15, 0.2) is 0 Å². The molecule has 0 saturated carbocycles. The van der Waals surface area contributed by atoms with Crippen molar-refractivity contribution in [3.63, 3.8) is 0 Å². The van der Waals surface area contributed by atoms with Gasteiger partial charge in [0.05, 0.1) is 11.6 Å². The van der Waals surface area contributed by atoms with Crippen molar-refractivity contribution in [1.29, 1.82) is 5.26 Å². The molecular weight excluding hydrogens is 338 g/mol. The van der Waals surface area contributed by atoms with E-state index in [1.165, 1.54) is 24.5 Å². The van der Waals surface area contributed by atoms with E-state index in [1.807, 2.05) is 6.07 Å². The zero-order valence-electron chi connectivity index (χ0n) is 13.6. The number of nitriles is 1. The maximum atomic E-state index is 11.7. The number of benzene rings is 1. The number of nitrogens with one attached hydrogen (secondary N) is 3. The minimum absolute atomic E-state index is 0.336. The Balaban J connectivity index is 1.65. The van der Waals surface area contributed by atoms with Crippen molar-refractivity contribution in [3.05, 3.63) is 59.9 Å². The standard InChI is InChI=1S/C17H15N5O4/c18-9-12-1-3-14(4-2-12)20-15(23)10-26-11-16(24)21-22-17(25)13-5-7-19-8-6-13/h1-8H,10-11H2,(H,20,23)(H,21,24)(H,22,25). The van der Waals surface area contributed by atoms with Crippen LogP contribution in [0.4, 0.5) is 5.69 Å². The van der Waals surface area contributed by atoms with E-state index in [2.05, 4.69) is 21.2 Å². The van der Waals surface area contributed by atoms with E-state index in [9.17, 15) is 14.4 Å². The molecule has 26 heavy (non-hydrogen) atoms. The number of carbonyl (C=O) groups excluding carboxylic acids is 3. The van der Waals surface area contributed by atoms with Crippen LogP contribution in [0.1, 0.15) is 15.9 Å². The lowest BCUT2D eigenvalue weighted by molar-refractivity contribution is -0.129. The SMILES string of the molecule is N#Cc1ccc(NC(=O)COCC(=O)NNC(=O)c2ccncc2)cc1. The number of pyridine rings is 1. The molecule has 1 aromatic heterocycles. The Morgan fingerprint density at radius 1 is 0.962 bits per heavy atom. The maximum absolute atomic E-state index is 11.7. The molecule has 0 aliphatic heterocycles. The summed E-state index contributed by atoms with van der Waals surface area (Å²) in [6.07, 6.45) is 2.90. The number of ether oxygens (including phenoxy) is 1. The van der Waals surface area contributed by atoms with Gasteiger partial charge in [0.1, 0.15) is 13.2 Å². The molecule has 0 fully saturated rings. The second-order valence-corrected chi connectivity index (χ2v) is 4.97. The Labute approximate surface area is 149 Å². The molecule has 9 heteroatoms. The van der Waals surface area contributed by atoms with Crippen LogP contribution in [0, 0.1) is 11.3 Å². The fourth-order valence-corrected chi connectivity index (χ4v) is 1.80. The summed E-state index contributed by atoms with van der Waals surface area (Å²) in [5.41, 5.74) is 5.70. The van der Waals surface area contributed by atoms with E-state index >= 15 is 0 Å². The molecule has 1 heterocycles. The minimum atomic E-state index is -0.612. The lowest BCUT2D eigenvalue weighted by atomic mass is 10.2. The third-order valence-electron chi connectivity index (χ3n) is 3.02. The number of nitrogens with zero attached hydrogens (tertiary/aromatic N) is 2. The summed E-state index contributed by atoms with van der Waals surface area (Å²) in [6.45, 7) is -0.747. The number of hydrogen-bond donors (Lipinski definition) is 3. The monoisotopic (exact) mass is 353 g/mol. The molecule has 2 aromatic rings. The number of anilines is 1. The molecule has 0 saturated heterocycles. The van der Waals surface area contributed by atoms with Crippen LogP contribution in [0.3, 0.4) is 0 Å². The number of amides is 3. The number of aromatic nitrogens is 1. The van der Waals surface area contributed by atoms with Gasteiger partial charge in [-0.15, -0.1) is 0 Å². The second-order valence-electron chi connectivity index (χ2n) is 4.97. The van der Waals surface area contributed by atoms with Crippen molar-refractivity contribution < 1.29 is 19.1 Å². The topological polar surface area (TPSA) is 133 Å². The van der Waals surface area contributed by atoms with Gasteiger partial charge in [-0.2, -0.15) is 5.26 Å². The summed E-state index contributed by atoms with van der Waals surface area (Å²) in [4.78, 5) is 38.7. The molecule has 3 amide bonds. The predicted octanol–water partition coefficient (Wildman–Crippen LogP) is 0.370. The van der Waals surface area contributed by atoms with Gasteiger partial charge in [-0.05, 0) is 36.4 Å². The molecule has 2 rings (SSSR count). The summed E-state index contributed by atoms with van der Waals surface area (Å²) >= 11 is 0. The van der Waals surface area contributed by atoms with E-state index in [0.717, 1.165) is 0 Å². The van der Waals surface area contributed by atoms with E-state index < -0.39 is 24.3 Å². The van der Waals surface area contributed by atoms with Crippen molar-refractivity contribution in [1.82, 2.24) is 15.8 Å². The highest BCUT2D eigenvalue weighted by Gasteiger charge is 2.08. The van der Waals surface area contributed by atoms with Gasteiger partial charge in [0.2, 0.25) is 5.91 Å². The molecular formula is C17H15N5O4. The van der Waals surface area contributed by atoms with Crippen LogP contribution < -0.4 is 16.2 Å². The van der Waals surface area contributed by atoms with Crippen LogP contribution in [0.2, 0.25) is 0 Å². The normalized spacial score (nSPS) is 9.65. The Hall–Kier alpha value is -3.77. The molecule has 0 atom stereocenters. The van der Waals surface area contributed by atoms with Crippen LogP contribution in [-0.2, 0) is 14.3 Å². The number of hydrazine groups is 1. The van der Waals surface area contributed by atoms with Gasteiger partial charge in [-0.25, -0.2) is 0 Å². The number of rotatable bonds is 6. The van der Waals surface area contributed by atoms with E-state index in [-0.39, 0.29) is 6.61 Å². The van der Waals surface area contributed by atoms with Crippen LogP contribution >= 0.6 is 0 Å². The molecule has 9 nitrogen and oxygen atoms in total. The van der Waals surface area contributed by atoms with Crippen molar-refractivity contribution >= 4 is 23.4 Å². The first-order valence-corrected chi connectivity index (χ1v) is 7.45. The highest BCUT2D eigenvalue weighted by molar-refractivity contribution is 5.95. The van der Waals surface area contributed by atoms with Gasteiger partial charge in [-0.3, -0.25) is 30.2 Å². The summed E-state index contributed by atoms with van der Waals surface area (Å²) < 4.78 is 4.97. The fourth-order valence-electron chi connectivity index (χ4n) is 1.80. The summed E-state index contributed by atoms with van der Waals surface area (Å²) in [5.74, 6) is -1.57. The van der Waals surface area contributed by atoms with Crippen molar-refractivity contribution in [2.24, 2.45) is 0 Å². The van der Waals surface area contributed by atoms with Crippen LogP contribution in [0.5, 0.6) is 0 Å². The molecule has 0 spiro atoms. The van der Waals surface area contributed by atoms with Gasteiger partial charge in [-0.1, -0.05) is 0 Å². The van der Waals surface area contributed by atoms with E-state index in [0.29, 0.717) is 16.8 Å². The second kappa shape index (κ2) is 9.51. The molecule has 3 N–H and O–H groups in total. The van der Waals surface area contributed by atoms with Crippen molar-refractivity contribution in [2.45, 2.75) is 0 Å². The first kappa shape index (κ1) is 18.6. The molecule has 0 aliphatic carbocycles. The third kappa shape index (κ3) is 6.03. The largest absolute Gasteiger partial charge is 0.362 e. The van der Waals surface area contributed by atoms with E-state index in [1.54, 1.807) is 24.3 Å². The molecule has 0 bridgehead atoms. The Morgan fingerprint density at radius 3 is 2.27 bits per heavy atom. The van der Waals surface area contributed by atoms with Crippen molar-refractivity contribution in [3.8, 4) is 6.07 Å². The number of hydrogen-bond acceptors (Lipinski definition) is 6. The lowest BCUT2D eigenvalue weighted by Gasteiger charge is -2.08. The third-order valence-corrected chi connectivity index (χ3v) is 3.02. The molecule has 0 unspecified atom stereocenters. The lowest BCUT2D eigenvalue weighted by Crippen LogP contribution is -2.43. The van der Waals surface area contributed by atoms with Gasteiger partial charge in [0, 0.05) is 23.6 Å². The maximum Gasteiger partial charge on any atom is 0.269 e. The average Bonchev–Trinajstić information content (AvgIpc) is 2.67. The quantitative estimate of drug-likeness (QED) is 0.643. The highest BCUT2D eigenvalue weighted by Crippen LogP contribution is 2.08. The van der Waals surface area contributed by atoms with Crippen molar-refractivity contribution in [2.75, 3.05) is 18.5 Å². The summed E-state index contributed by atoms with van der Waals surface area (Å²) in [6, 6.07) is 11.2. The summed E-state index contributed by atoms with van der Waals surface area (Å²) in [5, 5.41) is 11.3. The van der Waals surface area contributed by atoms with Crippen LogP contribution in [-0.4, -0.2) is 35.9 Å². The first-order valence-electron chi connectivity index (χ1n) is 7.45. The zero-order chi connectivity index (χ0) is 18.8. The highest BCUT2D eigenvalue weighted by atomic mass is 16.5. The smallest absolute Gasteiger partial charge is 0.269 e. The van der Waals surface area contributed by atoms with E-state index in [4.69, 9.17) is 10.00 Å². The van der Waals surface area contributed by atoms with Gasteiger partial charge < -0.3 is 10.1 Å². The van der Waals surface area contributed by atoms with Crippen LogP contribution in [0.15, 0.2) is 48.8 Å². The Bertz CT molecular complexity index is 815. The van der Waals surface area contributed by atoms with Gasteiger partial charge in [0.25, 0.3) is 11.8 Å². The minimum Gasteiger partial charge on any atom is -0.362 e. The zero-order valence-corrected chi connectivity index (χ0v) is 13.6. The first-order chi connectivity index (χ1) is 12.6. The molecule has 0 radical (unpaired) electrons. The Kier molecular flexibility index (Phi) is 6.79.